The summed E-state index contributed by atoms with van der Waals surface area (Å²) in [6, 6.07) is 1.64. The van der Waals surface area contributed by atoms with E-state index in [0.29, 0.717) is 10.6 Å². The van der Waals surface area contributed by atoms with Gasteiger partial charge in [0, 0.05) is 5.92 Å². The van der Waals surface area contributed by atoms with Crippen molar-refractivity contribution in [2.75, 3.05) is 5.32 Å². The minimum atomic E-state index is -0.497. The Hall–Kier alpha value is -1.36. The minimum absolute atomic E-state index is 0.0162. The van der Waals surface area contributed by atoms with Crippen LogP contribution in [0.5, 0.6) is 0 Å². The monoisotopic (exact) mass is 238 g/mol. The van der Waals surface area contributed by atoms with Crippen molar-refractivity contribution < 1.29 is 9.59 Å². The quantitative estimate of drug-likeness (QED) is 0.845. The molecule has 0 atom stereocenters. The van der Waals surface area contributed by atoms with Crippen molar-refractivity contribution in [3.8, 4) is 0 Å². The fourth-order valence-corrected chi connectivity index (χ4v) is 2.80. The summed E-state index contributed by atoms with van der Waals surface area (Å²) in [5.74, 6) is -0.381. The van der Waals surface area contributed by atoms with Gasteiger partial charge in [-0.25, -0.2) is 0 Å². The molecule has 1 aromatic rings. The molecule has 0 aliphatic heterocycles. The maximum Gasteiger partial charge on any atom is 0.251 e. The Bertz CT molecular complexity index is 408. The molecule has 5 heteroatoms. The Morgan fingerprint density at radius 3 is 2.69 bits per heavy atom. The summed E-state index contributed by atoms with van der Waals surface area (Å²) in [6.45, 7) is 0. The van der Waals surface area contributed by atoms with Crippen LogP contribution in [0.4, 0.5) is 5.00 Å². The number of hydrogen-bond donors (Lipinski definition) is 2. The van der Waals surface area contributed by atoms with Crippen molar-refractivity contribution in [1.29, 1.82) is 0 Å². The first-order valence-electron chi connectivity index (χ1n) is 5.36. The van der Waals surface area contributed by atoms with Crippen LogP contribution in [0.3, 0.4) is 0 Å². The summed E-state index contributed by atoms with van der Waals surface area (Å²) in [6.07, 6.45) is 4.13. The smallest absolute Gasteiger partial charge is 0.251 e. The molecule has 1 saturated carbocycles. The Labute approximate surface area is 97.8 Å². The van der Waals surface area contributed by atoms with Crippen molar-refractivity contribution in [3.05, 3.63) is 17.0 Å². The van der Waals surface area contributed by atoms with Crippen LogP contribution in [-0.4, -0.2) is 11.8 Å². The van der Waals surface area contributed by atoms with E-state index in [9.17, 15) is 9.59 Å². The second kappa shape index (κ2) is 4.65. The van der Waals surface area contributed by atoms with Crippen molar-refractivity contribution in [2.24, 2.45) is 11.7 Å². The number of carbonyl (C=O) groups excluding carboxylic acids is 2. The number of nitrogens with one attached hydrogen (secondary N) is 1. The lowest BCUT2D eigenvalue weighted by Gasteiger charge is -2.09. The lowest BCUT2D eigenvalue weighted by molar-refractivity contribution is -0.119. The van der Waals surface area contributed by atoms with E-state index < -0.39 is 5.91 Å². The molecule has 1 fully saturated rings. The predicted molar refractivity (Wildman–Crippen MR) is 63.4 cm³/mol. The lowest BCUT2D eigenvalue weighted by Crippen LogP contribution is -2.21. The van der Waals surface area contributed by atoms with Crippen LogP contribution >= 0.6 is 11.3 Å². The van der Waals surface area contributed by atoms with E-state index in [1.165, 1.54) is 11.3 Å². The van der Waals surface area contributed by atoms with Gasteiger partial charge in [-0.2, -0.15) is 0 Å². The number of rotatable bonds is 3. The fraction of sp³-hybridized carbons (Fsp3) is 0.455. The van der Waals surface area contributed by atoms with Gasteiger partial charge < -0.3 is 11.1 Å². The van der Waals surface area contributed by atoms with Crippen molar-refractivity contribution in [1.82, 2.24) is 0 Å². The predicted octanol–water partition coefficient (Wildman–Crippen LogP) is 1.98. The molecule has 0 unspecified atom stereocenters. The normalized spacial score (nSPS) is 16.2. The molecule has 86 valence electrons. The Morgan fingerprint density at radius 1 is 1.38 bits per heavy atom. The SMILES string of the molecule is NC(=O)c1ccsc1NC(=O)C1CCCC1. The molecular formula is C11H14N2O2S. The third-order valence-electron chi connectivity index (χ3n) is 2.89. The molecule has 2 rings (SSSR count). The molecule has 16 heavy (non-hydrogen) atoms. The van der Waals surface area contributed by atoms with E-state index in [4.69, 9.17) is 5.73 Å². The molecule has 1 heterocycles. The molecule has 0 saturated heterocycles. The number of thiophene rings is 1. The largest absolute Gasteiger partial charge is 0.366 e. The van der Waals surface area contributed by atoms with Crippen LogP contribution in [0.2, 0.25) is 0 Å². The van der Waals surface area contributed by atoms with Crippen molar-refractivity contribution >= 4 is 28.2 Å². The molecule has 2 amide bonds. The van der Waals surface area contributed by atoms with E-state index >= 15 is 0 Å². The average molecular weight is 238 g/mol. The first-order valence-corrected chi connectivity index (χ1v) is 6.24. The highest BCUT2D eigenvalue weighted by molar-refractivity contribution is 7.14. The molecule has 0 aromatic carbocycles. The van der Waals surface area contributed by atoms with Gasteiger partial charge in [0.05, 0.1) is 5.56 Å². The average Bonchev–Trinajstić information content (AvgIpc) is 2.86. The maximum atomic E-state index is 11.8. The zero-order chi connectivity index (χ0) is 11.5. The number of hydrogen-bond acceptors (Lipinski definition) is 3. The van der Waals surface area contributed by atoms with Crippen LogP contribution in [0, 0.1) is 5.92 Å². The van der Waals surface area contributed by atoms with E-state index in [0.717, 1.165) is 25.7 Å². The summed E-state index contributed by atoms with van der Waals surface area (Å²) in [4.78, 5) is 22.9. The first-order chi connectivity index (χ1) is 7.68. The van der Waals surface area contributed by atoms with Crippen LogP contribution in [0.15, 0.2) is 11.4 Å². The molecule has 0 bridgehead atoms. The van der Waals surface area contributed by atoms with Gasteiger partial charge in [-0.15, -0.1) is 11.3 Å². The highest BCUT2D eigenvalue weighted by Gasteiger charge is 2.24. The van der Waals surface area contributed by atoms with Crippen LogP contribution in [0.1, 0.15) is 36.0 Å². The zero-order valence-electron chi connectivity index (χ0n) is 8.86. The van der Waals surface area contributed by atoms with E-state index in [1.54, 1.807) is 11.4 Å². The van der Waals surface area contributed by atoms with Crippen molar-refractivity contribution in [3.63, 3.8) is 0 Å². The molecular weight excluding hydrogens is 224 g/mol. The third-order valence-corrected chi connectivity index (χ3v) is 3.72. The Morgan fingerprint density at radius 2 is 2.06 bits per heavy atom. The molecule has 1 aliphatic carbocycles. The molecule has 0 spiro atoms. The Balaban J connectivity index is 2.05. The zero-order valence-corrected chi connectivity index (χ0v) is 9.68. The second-order valence-electron chi connectivity index (χ2n) is 4.00. The number of nitrogens with two attached hydrogens (primary N) is 1. The van der Waals surface area contributed by atoms with E-state index in [1.807, 2.05) is 0 Å². The van der Waals surface area contributed by atoms with Gasteiger partial charge in [-0.1, -0.05) is 12.8 Å². The Kier molecular flexibility index (Phi) is 3.24. The van der Waals surface area contributed by atoms with E-state index in [-0.39, 0.29) is 11.8 Å². The minimum Gasteiger partial charge on any atom is -0.366 e. The van der Waals surface area contributed by atoms with Gasteiger partial charge >= 0.3 is 0 Å². The van der Waals surface area contributed by atoms with Gasteiger partial charge in [-0.3, -0.25) is 9.59 Å². The van der Waals surface area contributed by atoms with Gasteiger partial charge in [0.1, 0.15) is 5.00 Å². The molecule has 1 aromatic heterocycles. The number of amides is 2. The number of primary amides is 1. The first kappa shape index (κ1) is 11.1. The number of carbonyl (C=O) groups is 2. The van der Waals surface area contributed by atoms with Crippen LogP contribution in [0.25, 0.3) is 0 Å². The van der Waals surface area contributed by atoms with Crippen LogP contribution < -0.4 is 11.1 Å². The fourth-order valence-electron chi connectivity index (χ4n) is 2.00. The summed E-state index contributed by atoms with van der Waals surface area (Å²) in [7, 11) is 0. The lowest BCUT2D eigenvalue weighted by atomic mass is 10.1. The molecule has 1 aliphatic rings. The summed E-state index contributed by atoms with van der Waals surface area (Å²) in [5, 5.41) is 5.12. The summed E-state index contributed by atoms with van der Waals surface area (Å²) < 4.78 is 0. The van der Waals surface area contributed by atoms with Gasteiger partial charge in [-0.05, 0) is 24.3 Å². The second-order valence-corrected chi connectivity index (χ2v) is 4.91. The van der Waals surface area contributed by atoms with E-state index in [2.05, 4.69) is 5.32 Å². The number of anilines is 1. The summed E-state index contributed by atoms with van der Waals surface area (Å²) in [5.41, 5.74) is 5.60. The topological polar surface area (TPSA) is 72.2 Å². The maximum absolute atomic E-state index is 11.8. The van der Waals surface area contributed by atoms with Gasteiger partial charge in [0.25, 0.3) is 5.91 Å². The molecule has 4 nitrogen and oxygen atoms in total. The standard InChI is InChI=1S/C11H14N2O2S/c12-9(14)8-5-6-16-11(8)13-10(15)7-3-1-2-4-7/h5-7H,1-4H2,(H2,12,14)(H,13,15). The van der Waals surface area contributed by atoms with Gasteiger partial charge in [0.15, 0.2) is 0 Å². The highest BCUT2D eigenvalue weighted by atomic mass is 32.1. The summed E-state index contributed by atoms with van der Waals surface area (Å²) >= 11 is 1.33. The van der Waals surface area contributed by atoms with Crippen LogP contribution in [-0.2, 0) is 4.79 Å². The van der Waals surface area contributed by atoms with Crippen molar-refractivity contribution in [2.45, 2.75) is 25.7 Å². The third kappa shape index (κ3) is 2.24. The van der Waals surface area contributed by atoms with Gasteiger partial charge in [0.2, 0.25) is 5.91 Å². The highest BCUT2D eigenvalue weighted by Crippen LogP contribution is 2.28. The molecule has 0 radical (unpaired) electrons. The molecule has 3 N–H and O–H groups in total.